The minimum absolute atomic E-state index is 0.298. The quantitative estimate of drug-likeness (QED) is 0.877. The molecule has 0 aliphatic heterocycles. The number of hydrogen-bond donors (Lipinski definition) is 1. The zero-order valence-corrected chi connectivity index (χ0v) is 11.9. The number of thiazole rings is 1. The lowest BCUT2D eigenvalue weighted by Crippen LogP contribution is -2.05. The van der Waals surface area contributed by atoms with Crippen molar-refractivity contribution in [3.05, 3.63) is 40.1 Å². The number of rotatable bonds is 6. The molecule has 0 saturated heterocycles. The van der Waals surface area contributed by atoms with Crippen molar-refractivity contribution in [2.75, 3.05) is 18.5 Å². The molecule has 0 saturated carbocycles. The summed E-state index contributed by atoms with van der Waals surface area (Å²) in [6.07, 6.45) is 0.894. The summed E-state index contributed by atoms with van der Waals surface area (Å²) in [5.74, 6) is -0.0350. The smallest absolute Gasteiger partial charge is 0.167 e. The first kappa shape index (κ1) is 13.8. The Hall–Kier alpha value is -1.62. The van der Waals surface area contributed by atoms with Crippen molar-refractivity contribution in [1.29, 1.82) is 0 Å². The Balaban J connectivity index is 1.89. The van der Waals surface area contributed by atoms with Crippen molar-refractivity contribution in [1.82, 2.24) is 4.98 Å². The molecule has 0 bridgehead atoms. The van der Waals surface area contributed by atoms with E-state index < -0.39 is 0 Å². The van der Waals surface area contributed by atoms with Crippen LogP contribution in [0.15, 0.2) is 23.7 Å². The number of halogens is 1. The lowest BCUT2D eigenvalue weighted by atomic mass is 10.2. The van der Waals surface area contributed by atoms with Gasteiger partial charge in [-0.05, 0) is 26.0 Å². The van der Waals surface area contributed by atoms with Crippen LogP contribution >= 0.6 is 11.3 Å². The Labute approximate surface area is 116 Å². The molecule has 1 aromatic heterocycles. The third-order valence-corrected chi connectivity index (χ3v) is 3.75. The molecule has 2 rings (SSSR count). The van der Waals surface area contributed by atoms with E-state index in [0.29, 0.717) is 12.4 Å². The maximum absolute atomic E-state index is 13.6. The summed E-state index contributed by atoms with van der Waals surface area (Å²) in [6.45, 7) is 5.07. The highest BCUT2D eigenvalue weighted by molar-refractivity contribution is 7.09. The van der Waals surface area contributed by atoms with E-state index in [1.165, 1.54) is 10.9 Å². The maximum Gasteiger partial charge on any atom is 0.167 e. The minimum Gasteiger partial charge on any atom is -0.491 e. The Morgan fingerprint density at radius 3 is 2.89 bits per heavy atom. The molecule has 1 heterocycles. The van der Waals surface area contributed by atoms with E-state index in [2.05, 4.69) is 10.3 Å². The zero-order chi connectivity index (χ0) is 13.7. The number of aryl methyl sites for hydroxylation is 1. The summed E-state index contributed by atoms with van der Waals surface area (Å²) in [6, 6.07) is 4.94. The van der Waals surface area contributed by atoms with Crippen LogP contribution in [0.2, 0.25) is 0 Å². The van der Waals surface area contributed by atoms with Gasteiger partial charge >= 0.3 is 0 Å². The van der Waals surface area contributed by atoms with Gasteiger partial charge in [0.25, 0.3) is 0 Å². The van der Waals surface area contributed by atoms with Crippen LogP contribution in [0.5, 0.6) is 5.75 Å². The number of anilines is 1. The van der Waals surface area contributed by atoms with E-state index in [-0.39, 0.29) is 5.82 Å². The first-order valence-electron chi connectivity index (χ1n) is 6.26. The number of nitrogens with one attached hydrogen (secondary N) is 1. The lowest BCUT2D eigenvalue weighted by molar-refractivity contribution is 0.321. The summed E-state index contributed by atoms with van der Waals surface area (Å²) in [7, 11) is 0. The average Bonchev–Trinajstić information content (AvgIpc) is 2.79. The Morgan fingerprint density at radius 1 is 1.42 bits per heavy atom. The molecular weight excluding hydrogens is 263 g/mol. The predicted molar refractivity (Wildman–Crippen MR) is 76.6 cm³/mol. The molecule has 102 valence electrons. The summed E-state index contributed by atoms with van der Waals surface area (Å²) < 4.78 is 18.8. The van der Waals surface area contributed by atoms with Gasteiger partial charge in [0.05, 0.1) is 17.8 Å². The number of hydrogen-bond acceptors (Lipinski definition) is 4. The molecule has 0 spiro atoms. The highest BCUT2D eigenvalue weighted by atomic mass is 32.1. The van der Waals surface area contributed by atoms with E-state index >= 15 is 0 Å². The topological polar surface area (TPSA) is 34.1 Å². The zero-order valence-electron chi connectivity index (χ0n) is 11.1. The molecule has 1 aromatic carbocycles. The largest absolute Gasteiger partial charge is 0.491 e. The van der Waals surface area contributed by atoms with Gasteiger partial charge in [0, 0.05) is 29.6 Å². The van der Waals surface area contributed by atoms with Crippen molar-refractivity contribution in [3.8, 4) is 5.75 Å². The summed E-state index contributed by atoms with van der Waals surface area (Å²) in [5, 5.41) is 3.20. The van der Waals surface area contributed by atoms with Crippen LogP contribution in [-0.4, -0.2) is 18.1 Å². The monoisotopic (exact) mass is 280 g/mol. The molecule has 0 fully saturated rings. The second kappa shape index (κ2) is 6.52. The second-order valence-electron chi connectivity index (χ2n) is 4.12. The normalized spacial score (nSPS) is 10.5. The van der Waals surface area contributed by atoms with Gasteiger partial charge in [-0.2, -0.15) is 0 Å². The van der Waals surface area contributed by atoms with Gasteiger partial charge in [0.2, 0.25) is 0 Å². The third-order valence-electron chi connectivity index (χ3n) is 2.76. The molecule has 0 aliphatic carbocycles. The molecule has 0 radical (unpaired) electrons. The predicted octanol–water partition coefficient (Wildman–Crippen LogP) is 3.64. The van der Waals surface area contributed by atoms with Gasteiger partial charge in [-0.15, -0.1) is 11.3 Å². The fraction of sp³-hybridized carbons (Fsp3) is 0.357. The third kappa shape index (κ3) is 3.67. The van der Waals surface area contributed by atoms with Crippen molar-refractivity contribution in [2.45, 2.75) is 20.3 Å². The van der Waals surface area contributed by atoms with E-state index in [9.17, 15) is 4.39 Å². The van der Waals surface area contributed by atoms with Gasteiger partial charge in [0.15, 0.2) is 11.6 Å². The van der Waals surface area contributed by atoms with Crippen LogP contribution in [0.25, 0.3) is 0 Å². The maximum atomic E-state index is 13.6. The molecule has 0 aliphatic rings. The van der Waals surface area contributed by atoms with Crippen LogP contribution in [0, 0.1) is 12.7 Å². The van der Waals surface area contributed by atoms with E-state index in [0.717, 1.165) is 24.3 Å². The first-order valence-corrected chi connectivity index (χ1v) is 7.14. The Kier molecular flexibility index (Phi) is 4.74. The number of ether oxygens (including phenoxy) is 1. The molecule has 0 atom stereocenters. The molecule has 5 heteroatoms. The van der Waals surface area contributed by atoms with Crippen LogP contribution in [0.4, 0.5) is 10.1 Å². The minimum atomic E-state index is -0.333. The highest BCUT2D eigenvalue weighted by Gasteiger charge is 2.05. The van der Waals surface area contributed by atoms with E-state index in [1.54, 1.807) is 17.4 Å². The fourth-order valence-electron chi connectivity index (χ4n) is 1.77. The van der Waals surface area contributed by atoms with Gasteiger partial charge in [0.1, 0.15) is 0 Å². The molecule has 19 heavy (non-hydrogen) atoms. The highest BCUT2D eigenvalue weighted by Crippen LogP contribution is 2.21. The molecular formula is C14H17FN2OS. The standard InChI is InChI=1S/C14H17FN2OS/c1-3-18-13-5-4-11(8-12(13)15)16-7-6-14-10(2)17-9-19-14/h4-5,8-9,16H,3,6-7H2,1-2H3. The van der Waals surface area contributed by atoms with Crippen LogP contribution < -0.4 is 10.1 Å². The summed E-state index contributed by atoms with van der Waals surface area (Å²) in [4.78, 5) is 5.47. The number of aromatic nitrogens is 1. The van der Waals surface area contributed by atoms with Crippen LogP contribution in [0.1, 0.15) is 17.5 Å². The lowest BCUT2D eigenvalue weighted by Gasteiger charge is -2.09. The Bertz CT molecular complexity index is 542. The summed E-state index contributed by atoms with van der Waals surface area (Å²) in [5.41, 5.74) is 3.69. The van der Waals surface area contributed by atoms with E-state index in [1.807, 2.05) is 25.4 Å². The van der Waals surface area contributed by atoms with Gasteiger partial charge in [-0.3, -0.25) is 0 Å². The van der Waals surface area contributed by atoms with Gasteiger partial charge in [-0.25, -0.2) is 9.37 Å². The van der Waals surface area contributed by atoms with Gasteiger partial charge in [-0.1, -0.05) is 0 Å². The molecule has 2 aromatic rings. The summed E-state index contributed by atoms with van der Waals surface area (Å²) >= 11 is 1.65. The van der Waals surface area contributed by atoms with Crippen molar-refractivity contribution in [2.24, 2.45) is 0 Å². The average molecular weight is 280 g/mol. The van der Waals surface area contributed by atoms with Crippen LogP contribution in [-0.2, 0) is 6.42 Å². The fourth-order valence-corrected chi connectivity index (χ4v) is 2.55. The first-order chi connectivity index (χ1) is 9.20. The second-order valence-corrected chi connectivity index (χ2v) is 5.06. The van der Waals surface area contributed by atoms with Gasteiger partial charge < -0.3 is 10.1 Å². The van der Waals surface area contributed by atoms with E-state index in [4.69, 9.17) is 4.74 Å². The molecule has 3 nitrogen and oxygen atoms in total. The SMILES string of the molecule is CCOc1ccc(NCCc2scnc2C)cc1F. The van der Waals surface area contributed by atoms with Crippen LogP contribution in [0.3, 0.4) is 0 Å². The Morgan fingerprint density at radius 2 is 2.26 bits per heavy atom. The van der Waals surface area contributed by atoms with Crippen molar-refractivity contribution in [3.63, 3.8) is 0 Å². The number of nitrogens with zero attached hydrogens (tertiary/aromatic N) is 1. The molecule has 0 amide bonds. The molecule has 0 unspecified atom stereocenters. The van der Waals surface area contributed by atoms with Crippen molar-refractivity contribution < 1.29 is 9.13 Å². The number of benzene rings is 1. The molecule has 1 N–H and O–H groups in total. The van der Waals surface area contributed by atoms with Crippen molar-refractivity contribution >= 4 is 17.0 Å².